The number of ketones is 1. The molecule has 0 radical (unpaired) electrons. The van der Waals surface area contributed by atoms with E-state index >= 15 is 0 Å². The van der Waals surface area contributed by atoms with Crippen molar-refractivity contribution in [1.29, 1.82) is 0 Å². The average molecular weight is 525 g/mol. The summed E-state index contributed by atoms with van der Waals surface area (Å²) in [6, 6.07) is 5.92. The molecule has 2 aliphatic rings. The highest BCUT2D eigenvalue weighted by atomic mass is 35.5. The molecule has 2 saturated carbocycles. The number of imidazole rings is 1. The van der Waals surface area contributed by atoms with Crippen LogP contribution < -0.4 is 21.7 Å². The second kappa shape index (κ2) is 11.4. The quantitative estimate of drug-likeness (QED) is 0.273. The van der Waals surface area contributed by atoms with Crippen molar-refractivity contribution in [3.63, 3.8) is 0 Å². The molecule has 0 spiro atoms. The van der Waals surface area contributed by atoms with Gasteiger partial charge in [-0.25, -0.2) is 14.5 Å². The molecule has 0 unspecified atom stereocenters. The zero-order chi connectivity index (χ0) is 25.8. The van der Waals surface area contributed by atoms with Crippen LogP contribution in [0.4, 0.5) is 17.2 Å². The lowest BCUT2D eigenvalue weighted by molar-refractivity contribution is -0.120. The maximum absolute atomic E-state index is 13.1. The number of anilines is 3. The van der Waals surface area contributed by atoms with Crippen molar-refractivity contribution in [2.24, 2.45) is 11.7 Å². The zero-order valence-corrected chi connectivity index (χ0v) is 21.5. The monoisotopic (exact) mass is 524 g/mol. The molecule has 196 valence electrons. The Hall–Kier alpha value is -3.24. The first-order valence-corrected chi connectivity index (χ1v) is 13.4. The Balaban J connectivity index is 1.30. The van der Waals surface area contributed by atoms with Gasteiger partial charge in [0.1, 0.15) is 16.8 Å². The van der Waals surface area contributed by atoms with Gasteiger partial charge in [-0.05, 0) is 69.5 Å². The molecule has 0 bridgehead atoms. The molecule has 11 heteroatoms. The van der Waals surface area contributed by atoms with Gasteiger partial charge in [-0.3, -0.25) is 9.59 Å². The molecule has 1 amide bonds. The van der Waals surface area contributed by atoms with Crippen LogP contribution in [-0.4, -0.2) is 49.9 Å². The van der Waals surface area contributed by atoms with Gasteiger partial charge in [-0.15, -0.1) is 5.10 Å². The van der Waals surface area contributed by atoms with Crippen molar-refractivity contribution in [2.75, 3.05) is 22.5 Å². The van der Waals surface area contributed by atoms with Crippen molar-refractivity contribution in [3.8, 4) is 0 Å². The van der Waals surface area contributed by atoms with E-state index in [0.717, 1.165) is 50.6 Å². The third-order valence-electron chi connectivity index (χ3n) is 7.00. The summed E-state index contributed by atoms with van der Waals surface area (Å²) >= 11 is 5.96. The van der Waals surface area contributed by atoms with Crippen LogP contribution in [0.3, 0.4) is 0 Å². The molecule has 0 aromatic carbocycles. The Bertz CT molecular complexity index is 1270. The second-order valence-electron chi connectivity index (χ2n) is 10.1. The molecule has 0 aliphatic heterocycles. The topological polar surface area (TPSA) is 139 Å². The summed E-state index contributed by atoms with van der Waals surface area (Å²) in [5, 5.41) is 15.0. The van der Waals surface area contributed by atoms with Gasteiger partial charge < -0.3 is 21.7 Å². The number of nitrogens with two attached hydrogens (primary N) is 1. The van der Waals surface area contributed by atoms with E-state index < -0.39 is 0 Å². The number of carbonyl (C=O) groups excluding carboxylic acids is 2. The highest BCUT2D eigenvalue weighted by Crippen LogP contribution is 2.32. The third-order valence-corrected chi connectivity index (χ3v) is 7.20. The van der Waals surface area contributed by atoms with E-state index in [0.29, 0.717) is 65.1 Å². The van der Waals surface area contributed by atoms with Gasteiger partial charge in [0.05, 0.1) is 11.9 Å². The number of hydrogen-bond acceptors (Lipinski definition) is 8. The van der Waals surface area contributed by atoms with E-state index in [-0.39, 0.29) is 11.9 Å². The SMILES string of the molecule is NCCCC(=O)CC1CCC(Nc2cc(NC3CC3)c3ncc(C(=O)Nc4ccnc(Cl)c4)n3n2)CC1. The predicted molar refractivity (Wildman–Crippen MR) is 144 cm³/mol. The van der Waals surface area contributed by atoms with Crippen molar-refractivity contribution in [3.05, 3.63) is 41.4 Å². The molecule has 3 aromatic heterocycles. The van der Waals surface area contributed by atoms with E-state index in [4.69, 9.17) is 22.4 Å². The number of rotatable bonds is 11. The molecule has 5 N–H and O–H groups in total. The van der Waals surface area contributed by atoms with Gasteiger partial charge in [-0.2, -0.15) is 0 Å². The highest BCUT2D eigenvalue weighted by molar-refractivity contribution is 6.29. The van der Waals surface area contributed by atoms with Crippen molar-refractivity contribution >= 4 is 46.1 Å². The molecular formula is C26H33ClN8O2. The fourth-order valence-corrected chi connectivity index (χ4v) is 5.04. The number of carbonyl (C=O) groups is 2. The summed E-state index contributed by atoms with van der Waals surface area (Å²) in [7, 11) is 0. The fourth-order valence-electron chi connectivity index (χ4n) is 4.87. The molecule has 10 nitrogen and oxygen atoms in total. The lowest BCUT2D eigenvalue weighted by Crippen LogP contribution is -2.28. The minimum absolute atomic E-state index is 0.258. The number of fused-ring (bicyclic) bond motifs is 1. The molecular weight excluding hydrogens is 492 g/mol. The van der Waals surface area contributed by atoms with Crippen molar-refractivity contribution in [1.82, 2.24) is 19.6 Å². The number of amides is 1. The number of nitrogens with one attached hydrogen (secondary N) is 3. The van der Waals surface area contributed by atoms with Crippen molar-refractivity contribution < 1.29 is 9.59 Å². The van der Waals surface area contributed by atoms with E-state index in [2.05, 4.69) is 25.9 Å². The number of pyridine rings is 1. The van der Waals surface area contributed by atoms with E-state index in [1.54, 1.807) is 16.6 Å². The van der Waals surface area contributed by atoms with Gasteiger partial charge in [0.2, 0.25) is 0 Å². The molecule has 3 aromatic rings. The zero-order valence-electron chi connectivity index (χ0n) is 20.8. The second-order valence-corrected chi connectivity index (χ2v) is 10.4. The van der Waals surface area contributed by atoms with Gasteiger partial charge in [0.25, 0.3) is 5.91 Å². The first kappa shape index (κ1) is 25.4. The first-order valence-electron chi connectivity index (χ1n) is 13.0. The minimum atomic E-state index is -0.336. The number of aromatic nitrogens is 4. The van der Waals surface area contributed by atoms with Crippen molar-refractivity contribution in [2.45, 2.75) is 69.9 Å². The van der Waals surface area contributed by atoms with E-state index in [9.17, 15) is 9.59 Å². The molecule has 2 aliphatic carbocycles. The maximum atomic E-state index is 13.1. The predicted octanol–water partition coefficient (Wildman–Crippen LogP) is 4.27. The average Bonchev–Trinajstić information content (AvgIpc) is 3.59. The third kappa shape index (κ3) is 6.56. The molecule has 5 rings (SSSR count). The Morgan fingerprint density at radius 3 is 2.54 bits per heavy atom. The molecule has 2 fully saturated rings. The van der Waals surface area contributed by atoms with Crippen LogP contribution >= 0.6 is 11.6 Å². The molecule has 0 atom stereocenters. The minimum Gasteiger partial charge on any atom is -0.379 e. The lowest BCUT2D eigenvalue weighted by Gasteiger charge is -2.29. The van der Waals surface area contributed by atoms with Crippen LogP contribution in [0.15, 0.2) is 30.6 Å². The van der Waals surface area contributed by atoms with Gasteiger partial charge in [-0.1, -0.05) is 11.6 Å². The standard InChI is InChI=1S/C26H33ClN8O2/c27-23-13-19(9-11-29-23)33-26(37)22-15-30-25-21(31-17-7-8-17)14-24(34-35(22)25)32-18-5-3-16(4-6-18)12-20(36)2-1-10-28/h9,11,13-18,31H,1-8,10,12,28H2,(H,32,34)(H,29,33,37). The number of hydrogen-bond donors (Lipinski definition) is 4. The molecule has 3 heterocycles. The van der Waals surface area contributed by atoms with Gasteiger partial charge in [0.15, 0.2) is 11.3 Å². The Morgan fingerprint density at radius 1 is 1.05 bits per heavy atom. The maximum Gasteiger partial charge on any atom is 0.276 e. The first-order chi connectivity index (χ1) is 18.0. The molecule has 37 heavy (non-hydrogen) atoms. The lowest BCUT2D eigenvalue weighted by atomic mass is 9.82. The normalized spacial score (nSPS) is 19.5. The summed E-state index contributed by atoms with van der Waals surface area (Å²) in [5.41, 5.74) is 7.86. The van der Waals surface area contributed by atoms with E-state index in [1.807, 2.05) is 6.07 Å². The van der Waals surface area contributed by atoms with Crippen LogP contribution in [-0.2, 0) is 4.79 Å². The van der Waals surface area contributed by atoms with Crippen LogP contribution in [0.25, 0.3) is 5.65 Å². The van der Waals surface area contributed by atoms with Gasteiger partial charge >= 0.3 is 0 Å². The van der Waals surface area contributed by atoms with E-state index in [1.165, 1.54) is 12.4 Å². The van der Waals surface area contributed by atoms with Crippen LogP contribution in [0.2, 0.25) is 5.15 Å². The number of halogens is 1. The smallest absolute Gasteiger partial charge is 0.276 e. The van der Waals surface area contributed by atoms with Crippen LogP contribution in [0.1, 0.15) is 68.3 Å². The highest BCUT2D eigenvalue weighted by Gasteiger charge is 2.26. The Morgan fingerprint density at radius 2 is 1.81 bits per heavy atom. The number of Topliss-reactive ketones (excluding diaryl/α,β-unsaturated/α-hetero) is 1. The van der Waals surface area contributed by atoms with Crippen LogP contribution in [0.5, 0.6) is 0 Å². The summed E-state index contributed by atoms with van der Waals surface area (Å²) in [6.45, 7) is 0.565. The Kier molecular flexibility index (Phi) is 7.85. The van der Waals surface area contributed by atoms with Crippen LogP contribution in [0, 0.1) is 5.92 Å². The molecule has 0 saturated heterocycles. The number of nitrogens with zero attached hydrogens (tertiary/aromatic N) is 4. The summed E-state index contributed by atoms with van der Waals surface area (Å²) in [4.78, 5) is 33.7. The largest absolute Gasteiger partial charge is 0.379 e. The summed E-state index contributed by atoms with van der Waals surface area (Å²) in [5.74, 6) is 1.12. The summed E-state index contributed by atoms with van der Waals surface area (Å²) in [6.07, 6.45) is 11.3. The Labute approximate surface area is 220 Å². The summed E-state index contributed by atoms with van der Waals surface area (Å²) < 4.78 is 1.59. The van der Waals surface area contributed by atoms with Gasteiger partial charge in [0, 0.05) is 42.9 Å². The fraction of sp³-hybridized carbons (Fsp3) is 0.500.